The minimum atomic E-state index is 0.522. The fourth-order valence-electron chi connectivity index (χ4n) is 1.97. The third-order valence-corrected chi connectivity index (χ3v) is 3.55. The molecule has 0 saturated heterocycles. The number of rotatable bonds is 5. The van der Waals surface area contributed by atoms with Crippen LogP contribution in [0, 0.1) is 5.92 Å². The number of nitrogens with one attached hydrogen (secondary N) is 1. The smallest absolute Gasteiger partial charge is 0.0739 e. The van der Waals surface area contributed by atoms with Gasteiger partial charge in [0.05, 0.1) is 16.4 Å². The van der Waals surface area contributed by atoms with Gasteiger partial charge < -0.3 is 11.1 Å². The summed E-state index contributed by atoms with van der Waals surface area (Å²) in [7, 11) is 0. The Kier molecular flexibility index (Phi) is 3.59. The van der Waals surface area contributed by atoms with Crippen molar-refractivity contribution < 1.29 is 0 Å². The number of hydrogen-bond acceptors (Lipinski definition) is 2. The molecule has 3 N–H and O–H groups in total. The van der Waals surface area contributed by atoms with Gasteiger partial charge in [0.1, 0.15) is 0 Å². The first kappa shape index (κ1) is 11.6. The monoisotopic (exact) mass is 238 g/mol. The Balaban J connectivity index is 2.02. The lowest BCUT2D eigenvalue weighted by molar-refractivity contribution is 0.587. The molecule has 1 unspecified atom stereocenters. The first-order valence-electron chi connectivity index (χ1n) is 6.01. The molecule has 1 atom stereocenters. The van der Waals surface area contributed by atoms with Gasteiger partial charge in [-0.25, -0.2) is 0 Å². The van der Waals surface area contributed by atoms with E-state index in [1.54, 1.807) is 0 Å². The second-order valence-electron chi connectivity index (χ2n) is 4.63. The fraction of sp³-hybridized carbons (Fsp3) is 0.538. The highest BCUT2D eigenvalue weighted by Gasteiger charge is 2.24. The van der Waals surface area contributed by atoms with Crippen LogP contribution >= 0.6 is 11.6 Å². The quantitative estimate of drug-likeness (QED) is 0.764. The lowest BCUT2D eigenvalue weighted by Crippen LogP contribution is -2.19. The van der Waals surface area contributed by atoms with E-state index in [9.17, 15) is 0 Å². The number of nitrogen functional groups attached to an aromatic ring is 1. The van der Waals surface area contributed by atoms with Gasteiger partial charge in [-0.05, 0) is 30.9 Å². The van der Waals surface area contributed by atoms with E-state index in [4.69, 9.17) is 17.3 Å². The molecular weight excluding hydrogens is 220 g/mol. The molecule has 0 heterocycles. The van der Waals surface area contributed by atoms with Crippen LogP contribution in [0.3, 0.4) is 0 Å². The Bertz CT molecular complexity index is 361. The van der Waals surface area contributed by atoms with Crippen LogP contribution in [0.1, 0.15) is 32.6 Å². The van der Waals surface area contributed by atoms with E-state index in [-0.39, 0.29) is 0 Å². The molecular formula is C13H19ClN2. The number of halogens is 1. The zero-order valence-corrected chi connectivity index (χ0v) is 10.4. The highest BCUT2D eigenvalue weighted by atomic mass is 35.5. The van der Waals surface area contributed by atoms with Crippen molar-refractivity contribution in [2.24, 2.45) is 5.92 Å². The van der Waals surface area contributed by atoms with Gasteiger partial charge in [0.2, 0.25) is 0 Å². The van der Waals surface area contributed by atoms with Gasteiger partial charge >= 0.3 is 0 Å². The van der Waals surface area contributed by atoms with Crippen LogP contribution < -0.4 is 11.1 Å². The molecule has 1 aliphatic carbocycles. The summed E-state index contributed by atoms with van der Waals surface area (Å²) in [6, 6.07) is 6.28. The number of anilines is 2. The molecule has 0 radical (unpaired) electrons. The highest BCUT2D eigenvalue weighted by molar-refractivity contribution is 6.33. The molecule has 1 saturated carbocycles. The van der Waals surface area contributed by atoms with Crippen molar-refractivity contribution >= 4 is 23.0 Å². The Morgan fingerprint density at radius 1 is 1.50 bits per heavy atom. The van der Waals surface area contributed by atoms with Crippen LogP contribution in [0.5, 0.6) is 0 Å². The van der Waals surface area contributed by atoms with E-state index in [1.807, 2.05) is 18.2 Å². The second-order valence-corrected chi connectivity index (χ2v) is 5.04. The van der Waals surface area contributed by atoms with Crippen molar-refractivity contribution in [1.82, 2.24) is 0 Å². The normalized spacial score (nSPS) is 17.1. The van der Waals surface area contributed by atoms with Crippen molar-refractivity contribution in [2.75, 3.05) is 11.1 Å². The fourth-order valence-corrected chi connectivity index (χ4v) is 2.14. The summed E-state index contributed by atoms with van der Waals surface area (Å²) in [4.78, 5) is 0. The predicted molar refractivity (Wildman–Crippen MR) is 70.9 cm³/mol. The third kappa shape index (κ3) is 2.82. The van der Waals surface area contributed by atoms with Crippen molar-refractivity contribution in [3.05, 3.63) is 23.2 Å². The Morgan fingerprint density at radius 2 is 2.25 bits per heavy atom. The molecule has 1 aromatic rings. The van der Waals surface area contributed by atoms with E-state index < -0.39 is 0 Å². The lowest BCUT2D eigenvalue weighted by atomic mass is 10.1. The molecule has 1 aliphatic rings. The molecule has 2 nitrogen and oxygen atoms in total. The van der Waals surface area contributed by atoms with Gasteiger partial charge in [-0.15, -0.1) is 0 Å². The number of benzene rings is 1. The molecule has 0 aromatic heterocycles. The summed E-state index contributed by atoms with van der Waals surface area (Å²) in [5.41, 5.74) is 7.57. The number of hydrogen-bond donors (Lipinski definition) is 2. The number of para-hydroxylation sites is 1. The zero-order chi connectivity index (χ0) is 11.5. The van der Waals surface area contributed by atoms with Crippen LogP contribution in [0.4, 0.5) is 11.4 Å². The molecule has 3 heteroatoms. The van der Waals surface area contributed by atoms with Crippen molar-refractivity contribution in [2.45, 2.75) is 38.6 Å². The van der Waals surface area contributed by atoms with E-state index >= 15 is 0 Å². The average molecular weight is 239 g/mol. The maximum atomic E-state index is 5.99. The van der Waals surface area contributed by atoms with Crippen molar-refractivity contribution in [3.8, 4) is 0 Å². The van der Waals surface area contributed by atoms with Gasteiger partial charge in [-0.2, -0.15) is 0 Å². The summed E-state index contributed by atoms with van der Waals surface area (Å²) in [5, 5.41) is 4.13. The van der Waals surface area contributed by atoms with Crippen molar-refractivity contribution in [3.63, 3.8) is 0 Å². The van der Waals surface area contributed by atoms with Crippen LogP contribution in [-0.4, -0.2) is 6.04 Å². The van der Waals surface area contributed by atoms with E-state index in [1.165, 1.54) is 19.3 Å². The minimum Gasteiger partial charge on any atom is -0.396 e. The summed E-state index contributed by atoms with van der Waals surface area (Å²) in [6.07, 6.45) is 5.16. The maximum Gasteiger partial charge on any atom is 0.0739 e. The lowest BCUT2D eigenvalue weighted by Gasteiger charge is -2.19. The summed E-state index contributed by atoms with van der Waals surface area (Å²) < 4.78 is 0. The van der Waals surface area contributed by atoms with Gasteiger partial charge in [-0.1, -0.05) is 37.4 Å². The SMILES string of the molecule is CCC(CC1CC1)Nc1cccc(Cl)c1N. The topological polar surface area (TPSA) is 38.0 Å². The average Bonchev–Trinajstić information content (AvgIpc) is 3.07. The Hall–Kier alpha value is -0.890. The van der Waals surface area contributed by atoms with Crippen molar-refractivity contribution in [1.29, 1.82) is 0 Å². The predicted octanol–water partition coefficient (Wildman–Crippen LogP) is 3.91. The first-order valence-corrected chi connectivity index (χ1v) is 6.39. The van der Waals surface area contributed by atoms with Crippen LogP contribution in [0.25, 0.3) is 0 Å². The van der Waals surface area contributed by atoms with E-state index in [0.29, 0.717) is 16.8 Å². The summed E-state index contributed by atoms with van der Waals surface area (Å²) >= 11 is 5.99. The minimum absolute atomic E-state index is 0.522. The molecule has 0 amide bonds. The standard InChI is InChI=1S/C13H19ClN2/c1-2-10(8-9-6-7-9)16-12-5-3-4-11(14)13(12)15/h3-5,9-10,16H,2,6-8,15H2,1H3. The molecule has 16 heavy (non-hydrogen) atoms. The van der Waals surface area contributed by atoms with Gasteiger partial charge in [0.25, 0.3) is 0 Å². The van der Waals surface area contributed by atoms with Gasteiger partial charge in [0.15, 0.2) is 0 Å². The largest absolute Gasteiger partial charge is 0.396 e. The molecule has 0 spiro atoms. The number of nitrogens with two attached hydrogens (primary N) is 1. The molecule has 88 valence electrons. The van der Waals surface area contributed by atoms with Crippen LogP contribution in [0.15, 0.2) is 18.2 Å². The molecule has 1 fully saturated rings. The summed E-state index contributed by atoms with van der Waals surface area (Å²) in [6.45, 7) is 2.21. The van der Waals surface area contributed by atoms with Crippen LogP contribution in [0.2, 0.25) is 5.02 Å². The molecule has 1 aromatic carbocycles. The summed E-state index contributed by atoms with van der Waals surface area (Å²) in [5.74, 6) is 0.929. The second kappa shape index (κ2) is 4.96. The molecule has 0 bridgehead atoms. The van der Waals surface area contributed by atoms with Gasteiger partial charge in [0, 0.05) is 6.04 Å². The first-order chi connectivity index (χ1) is 7.70. The van der Waals surface area contributed by atoms with E-state index in [2.05, 4.69) is 12.2 Å². The maximum absolute atomic E-state index is 5.99. The van der Waals surface area contributed by atoms with E-state index in [0.717, 1.165) is 18.0 Å². The Labute approximate surface area is 102 Å². The third-order valence-electron chi connectivity index (χ3n) is 3.22. The zero-order valence-electron chi connectivity index (χ0n) is 9.67. The highest BCUT2D eigenvalue weighted by Crippen LogP contribution is 2.35. The molecule has 2 rings (SSSR count). The van der Waals surface area contributed by atoms with Gasteiger partial charge in [-0.3, -0.25) is 0 Å². The van der Waals surface area contributed by atoms with Crippen LogP contribution in [-0.2, 0) is 0 Å². The Morgan fingerprint density at radius 3 is 2.88 bits per heavy atom. The molecule has 0 aliphatic heterocycles.